The van der Waals surface area contributed by atoms with Crippen LogP contribution in [0.1, 0.15) is 25.7 Å². The topological polar surface area (TPSA) is 29.3 Å². The molecule has 0 atom stereocenters. The lowest BCUT2D eigenvalue weighted by molar-refractivity contribution is 0.618. The van der Waals surface area contributed by atoms with Gasteiger partial charge in [0, 0.05) is 18.7 Å². The van der Waals surface area contributed by atoms with Gasteiger partial charge in [0.1, 0.15) is 5.82 Å². The highest BCUT2D eigenvalue weighted by Gasteiger charge is 2.34. The lowest BCUT2D eigenvalue weighted by atomic mass is 10.2. The van der Waals surface area contributed by atoms with E-state index in [1.165, 1.54) is 25.7 Å². The van der Waals surface area contributed by atoms with Crippen molar-refractivity contribution in [1.29, 1.82) is 0 Å². The summed E-state index contributed by atoms with van der Waals surface area (Å²) in [5.74, 6) is 0.567. The van der Waals surface area contributed by atoms with Gasteiger partial charge < -0.3 is 10.6 Å². The number of nitrogen functional groups attached to an aromatic ring is 1. The van der Waals surface area contributed by atoms with Gasteiger partial charge in [-0.3, -0.25) is 0 Å². The number of rotatable bonds is 4. The highest BCUT2D eigenvalue weighted by Crippen LogP contribution is 2.40. The Balaban J connectivity index is 1.90. The molecule has 0 amide bonds. The number of nitrogens with zero attached hydrogens (tertiary/aromatic N) is 1. The summed E-state index contributed by atoms with van der Waals surface area (Å²) in [5.41, 5.74) is 7.56. The molecule has 0 saturated heterocycles. The summed E-state index contributed by atoms with van der Waals surface area (Å²) in [4.78, 5) is 2.31. The molecule has 2 N–H and O–H groups in total. The van der Waals surface area contributed by atoms with Crippen LogP contribution in [-0.4, -0.2) is 12.6 Å². The minimum absolute atomic E-state index is 0.226. The number of hydrogen-bond acceptors (Lipinski definition) is 2. The summed E-state index contributed by atoms with van der Waals surface area (Å²) in [6.07, 6.45) is 5.04. The molecule has 0 heterocycles. The largest absolute Gasteiger partial charge is 0.397 e. The van der Waals surface area contributed by atoms with Crippen LogP contribution in [0.5, 0.6) is 0 Å². The summed E-state index contributed by atoms with van der Waals surface area (Å²) < 4.78 is 14.1. The second-order valence-corrected chi connectivity index (χ2v) is 6.01. The van der Waals surface area contributed by atoms with Crippen molar-refractivity contribution in [2.24, 2.45) is 5.92 Å². The van der Waals surface area contributed by atoms with Crippen molar-refractivity contribution in [2.45, 2.75) is 31.7 Å². The van der Waals surface area contributed by atoms with E-state index in [1.807, 2.05) is 0 Å². The Kier molecular flexibility index (Phi) is 2.77. The van der Waals surface area contributed by atoms with Gasteiger partial charge in [-0.1, -0.05) is 0 Å². The first-order valence-electron chi connectivity index (χ1n) is 6.16. The number of nitrogens with two attached hydrogens (primary N) is 1. The normalized spacial score (nSPS) is 19.4. The van der Waals surface area contributed by atoms with Crippen LogP contribution in [0.15, 0.2) is 16.6 Å². The van der Waals surface area contributed by atoms with Crippen molar-refractivity contribution in [3.05, 3.63) is 22.4 Å². The first kappa shape index (κ1) is 11.3. The Labute approximate surface area is 109 Å². The highest BCUT2D eigenvalue weighted by atomic mass is 79.9. The number of anilines is 2. The van der Waals surface area contributed by atoms with Crippen LogP contribution in [-0.2, 0) is 0 Å². The molecule has 2 fully saturated rings. The Bertz CT molecular complexity index is 441. The van der Waals surface area contributed by atoms with E-state index in [4.69, 9.17) is 5.73 Å². The lowest BCUT2D eigenvalue weighted by Crippen LogP contribution is -2.28. The maximum atomic E-state index is 13.6. The Hall–Kier alpha value is -0.770. The molecule has 2 nitrogen and oxygen atoms in total. The van der Waals surface area contributed by atoms with Crippen LogP contribution in [0.2, 0.25) is 0 Å². The van der Waals surface area contributed by atoms with Crippen molar-refractivity contribution < 1.29 is 4.39 Å². The third kappa shape index (κ3) is 2.41. The molecule has 1 aromatic carbocycles. The molecule has 3 rings (SSSR count). The fourth-order valence-electron chi connectivity index (χ4n) is 2.21. The number of benzene rings is 1. The molecule has 2 aliphatic rings. The maximum Gasteiger partial charge on any atom is 0.139 e. The summed E-state index contributed by atoms with van der Waals surface area (Å²) >= 11 is 3.17. The summed E-state index contributed by atoms with van der Waals surface area (Å²) in [5, 5.41) is 0. The summed E-state index contributed by atoms with van der Waals surface area (Å²) in [6.45, 7) is 1.04. The average Bonchev–Trinajstić information content (AvgIpc) is 3.14. The second kappa shape index (κ2) is 4.16. The molecule has 0 aliphatic heterocycles. The molecular formula is C13H16BrFN2. The molecule has 0 aromatic heterocycles. The van der Waals surface area contributed by atoms with Crippen molar-refractivity contribution >= 4 is 27.3 Å². The smallest absolute Gasteiger partial charge is 0.139 e. The molecule has 4 heteroatoms. The van der Waals surface area contributed by atoms with Crippen LogP contribution in [0.3, 0.4) is 0 Å². The standard InChI is InChI=1S/C13H16BrFN2/c14-10-5-12(16)13(6-11(10)15)17(9-3-4-9)7-8-1-2-8/h5-6,8-9H,1-4,7,16H2. The zero-order valence-electron chi connectivity index (χ0n) is 9.63. The van der Waals surface area contributed by atoms with E-state index in [0.717, 1.165) is 18.2 Å². The lowest BCUT2D eigenvalue weighted by Gasteiger charge is -2.26. The average molecular weight is 299 g/mol. The molecule has 2 aliphatic carbocycles. The monoisotopic (exact) mass is 298 g/mol. The minimum Gasteiger partial charge on any atom is -0.397 e. The Morgan fingerprint density at radius 2 is 2.00 bits per heavy atom. The zero-order valence-corrected chi connectivity index (χ0v) is 11.2. The van der Waals surface area contributed by atoms with E-state index in [9.17, 15) is 4.39 Å². The number of halogens is 2. The fourth-order valence-corrected chi connectivity index (χ4v) is 2.57. The first-order valence-corrected chi connectivity index (χ1v) is 6.95. The van der Waals surface area contributed by atoms with E-state index in [1.54, 1.807) is 12.1 Å². The molecule has 0 spiro atoms. The molecule has 0 bridgehead atoms. The van der Waals surface area contributed by atoms with Gasteiger partial charge in [0.15, 0.2) is 0 Å². The Morgan fingerprint density at radius 1 is 1.29 bits per heavy atom. The van der Waals surface area contributed by atoms with Gasteiger partial charge in [0.2, 0.25) is 0 Å². The summed E-state index contributed by atoms with van der Waals surface area (Å²) in [7, 11) is 0. The predicted octanol–water partition coefficient (Wildman–Crippen LogP) is 3.55. The van der Waals surface area contributed by atoms with E-state index in [2.05, 4.69) is 20.8 Å². The van der Waals surface area contributed by atoms with Gasteiger partial charge in [-0.05, 0) is 53.6 Å². The SMILES string of the molecule is Nc1cc(Br)c(F)cc1N(CC1CC1)C1CC1. The van der Waals surface area contributed by atoms with Gasteiger partial charge in [-0.2, -0.15) is 0 Å². The van der Waals surface area contributed by atoms with Crippen molar-refractivity contribution in [3.8, 4) is 0 Å². The van der Waals surface area contributed by atoms with Crippen molar-refractivity contribution in [3.63, 3.8) is 0 Å². The quantitative estimate of drug-likeness (QED) is 0.862. The van der Waals surface area contributed by atoms with Crippen molar-refractivity contribution in [2.75, 3.05) is 17.2 Å². The van der Waals surface area contributed by atoms with Crippen LogP contribution >= 0.6 is 15.9 Å². The molecule has 92 valence electrons. The van der Waals surface area contributed by atoms with Gasteiger partial charge in [-0.25, -0.2) is 4.39 Å². The van der Waals surface area contributed by atoms with Crippen LogP contribution in [0.4, 0.5) is 15.8 Å². The van der Waals surface area contributed by atoms with Crippen LogP contribution < -0.4 is 10.6 Å². The first-order chi connectivity index (χ1) is 8.15. The molecule has 1 aromatic rings. The van der Waals surface area contributed by atoms with E-state index >= 15 is 0 Å². The van der Waals surface area contributed by atoms with Crippen LogP contribution in [0.25, 0.3) is 0 Å². The predicted molar refractivity (Wildman–Crippen MR) is 71.6 cm³/mol. The third-order valence-electron chi connectivity index (χ3n) is 3.52. The van der Waals surface area contributed by atoms with Gasteiger partial charge in [0.25, 0.3) is 0 Å². The van der Waals surface area contributed by atoms with Gasteiger partial charge in [0.05, 0.1) is 15.8 Å². The molecule has 0 radical (unpaired) electrons. The van der Waals surface area contributed by atoms with Gasteiger partial charge in [-0.15, -0.1) is 0 Å². The zero-order chi connectivity index (χ0) is 12.0. The molecule has 2 saturated carbocycles. The van der Waals surface area contributed by atoms with Crippen molar-refractivity contribution in [1.82, 2.24) is 0 Å². The van der Waals surface area contributed by atoms with E-state index < -0.39 is 0 Å². The summed E-state index contributed by atoms with van der Waals surface area (Å²) in [6, 6.07) is 3.83. The second-order valence-electron chi connectivity index (χ2n) is 5.15. The fraction of sp³-hybridized carbons (Fsp3) is 0.538. The van der Waals surface area contributed by atoms with E-state index in [-0.39, 0.29) is 5.82 Å². The van der Waals surface area contributed by atoms with Gasteiger partial charge >= 0.3 is 0 Å². The van der Waals surface area contributed by atoms with E-state index in [0.29, 0.717) is 16.2 Å². The highest BCUT2D eigenvalue weighted by molar-refractivity contribution is 9.10. The molecular weight excluding hydrogens is 283 g/mol. The van der Waals surface area contributed by atoms with Crippen LogP contribution in [0, 0.1) is 11.7 Å². The minimum atomic E-state index is -0.226. The number of hydrogen-bond donors (Lipinski definition) is 1. The third-order valence-corrected chi connectivity index (χ3v) is 4.13. The molecule has 17 heavy (non-hydrogen) atoms. The Morgan fingerprint density at radius 3 is 2.59 bits per heavy atom. The molecule has 0 unspecified atom stereocenters. The maximum absolute atomic E-state index is 13.6.